The average Bonchev–Trinajstić information content (AvgIpc) is 2.27. The maximum absolute atomic E-state index is 12.0. The van der Waals surface area contributed by atoms with Crippen molar-refractivity contribution in [2.45, 2.75) is 31.4 Å². The molecule has 17 heavy (non-hydrogen) atoms. The summed E-state index contributed by atoms with van der Waals surface area (Å²) in [4.78, 5) is 13.7. The fraction of sp³-hybridized carbons (Fsp3) is 0.909. The predicted octanol–water partition coefficient (Wildman–Crippen LogP) is 1.29. The van der Waals surface area contributed by atoms with Crippen molar-refractivity contribution in [3.8, 4) is 0 Å². The van der Waals surface area contributed by atoms with Crippen LogP contribution < -0.4 is 0 Å². The highest BCUT2D eigenvalue weighted by molar-refractivity contribution is 7.92. The molecule has 2 unspecified atom stereocenters. The molecule has 4 nitrogen and oxygen atoms in total. The number of rotatable bonds is 4. The first kappa shape index (κ1) is 14.8. The number of hydrogen-bond acceptors (Lipinski definition) is 3. The molecule has 0 spiro atoms. The van der Waals surface area contributed by atoms with Gasteiger partial charge in [-0.1, -0.05) is 0 Å². The number of carbonyl (C=O) groups excluding carboxylic acids is 1. The Morgan fingerprint density at radius 1 is 1.53 bits per heavy atom. The molecule has 1 saturated heterocycles. The molecule has 2 atom stereocenters. The van der Waals surface area contributed by atoms with Crippen molar-refractivity contribution in [2.24, 2.45) is 5.92 Å². The second-order valence-electron chi connectivity index (χ2n) is 4.74. The van der Waals surface area contributed by atoms with E-state index in [1.807, 2.05) is 0 Å². The van der Waals surface area contributed by atoms with Crippen LogP contribution in [0.15, 0.2) is 0 Å². The molecule has 0 radical (unpaired) electrons. The van der Waals surface area contributed by atoms with Gasteiger partial charge in [-0.15, -0.1) is 11.6 Å². The fourth-order valence-electron chi connectivity index (χ4n) is 2.10. The van der Waals surface area contributed by atoms with Crippen molar-refractivity contribution in [3.05, 3.63) is 0 Å². The Morgan fingerprint density at radius 2 is 2.18 bits per heavy atom. The zero-order valence-electron chi connectivity index (χ0n) is 10.4. The summed E-state index contributed by atoms with van der Waals surface area (Å²) >= 11 is 5.70. The highest BCUT2D eigenvalue weighted by atomic mass is 35.5. The minimum absolute atomic E-state index is 0.272. The molecule has 0 N–H and O–H groups in total. The van der Waals surface area contributed by atoms with E-state index < -0.39 is 15.1 Å². The minimum Gasteiger partial charge on any atom is -0.341 e. The lowest BCUT2D eigenvalue weighted by molar-refractivity contribution is -0.132. The summed E-state index contributed by atoms with van der Waals surface area (Å²) in [5.74, 6) is 0.734. The lowest BCUT2D eigenvalue weighted by Gasteiger charge is -2.33. The first-order valence-corrected chi connectivity index (χ1v) is 8.38. The third-order valence-electron chi connectivity index (χ3n) is 3.34. The quantitative estimate of drug-likeness (QED) is 0.730. The van der Waals surface area contributed by atoms with Gasteiger partial charge >= 0.3 is 0 Å². The van der Waals surface area contributed by atoms with E-state index >= 15 is 0 Å². The van der Waals surface area contributed by atoms with Gasteiger partial charge < -0.3 is 4.90 Å². The fourth-order valence-corrected chi connectivity index (χ4v) is 2.92. The number of piperidine rings is 1. The number of halogens is 1. The molecule has 1 heterocycles. The molecule has 1 amide bonds. The van der Waals surface area contributed by atoms with E-state index in [4.69, 9.17) is 11.6 Å². The highest BCUT2D eigenvalue weighted by Crippen LogP contribution is 2.21. The number of carbonyl (C=O) groups is 1. The molecule has 0 bridgehead atoms. The molecule has 100 valence electrons. The summed E-state index contributed by atoms with van der Waals surface area (Å²) < 4.78 is 22.7. The molecule has 6 heteroatoms. The topological polar surface area (TPSA) is 54.5 Å². The first-order chi connectivity index (χ1) is 7.86. The van der Waals surface area contributed by atoms with Crippen LogP contribution in [0, 0.1) is 5.92 Å². The van der Waals surface area contributed by atoms with Crippen molar-refractivity contribution >= 4 is 27.3 Å². The van der Waals surface area contributed by atoms with Gasteiger partial charge in [0.1, 0.15) is 5.25 Å². The van der Waals surface area contributed by atoms with Crippen molar-refractivity contribution in [1.29, 1.82) is 0 Å². The van der Waals surface area contributed by atoms with E-state index in [2.05, 4.69) is 0 Å². The van der Waals surface area contributed by atoms with E-state index in [0.29, 0.717) is 24.9 Å². The lowest BCUT2D eigenvalue weighted by Crippen LogP contribution is -2.46. The molecule has 0 aromatic rings. The Morgan fingerprint density at radius 3 is 2.71 bits per heavy atom. The van der Waals surface area contributed by atoms with E-state index in [1.54, 1.807) is 4.90 Å². The first-order valence-electron chi connectivity index (χ1n) is 5.90. The van der Waals surface area contributed by atoms with Gasteiger partial charge in [0, 0.05) is 25.2 Å². The Hall–Kier alpha value is -0.290. The highest BCUT2D eigenvalue weighted by Gasteiger charge is 2.31. The number of sulfone groups is 1. The average molecular weight is 282 g/mol. The van der Waals surface area contributed by atoms with Gasteiger partial charge in [0.2, 0.25) is 5.91 Å². The van der Waals surface area contributed by atoms with Crippen LogP contribution in [0.1, 0.15) is 26.2 Å². The van der Waals surface area contributed by atoms with Gasteiger partial charge in [0.05, 0.1) is 0 Å². The van der Waals surface area contributed by atoms with Crippen LogP contribution in [0.4, 0.5) is 0 Å². The van der Waals surface area contributed by atoms with Gasteiger partial charge in [-0.25, -0.2) is 8.42 Å². The van der Waals surface area contributed by atoms with Crippen LogP contribution in [0.5, 0.6) is 0 Å². The molecule has 0 aromatic heterocycles. The van der Waals surface area contributed by atoms with Crippen molar-refractivity contribution < 1.29 is 13.2 Å². The van der Waals surface area contributed by atoms with E-state index in [1.165, 1.54) is 6.92 Å². The van der Waals surface area contributed by atoms with Crippen LogP contribution in [-0.4, -0.2) is 49.7 Å². The van der Waals surface area contributed by atoms with Crippen LogP contribution in [-0.2, 0) is 14.6 Å². The second-order valence-corrected chi connectivity index (χ2v) is 7.49. The molecular formula is C11H20ClNO3S. The maximum Gasteiger partial charge on any atom is 0.240 e. The Balaban J connectivity index is 2.63. The van der Waals surface area contributed by atoms with Crippen molar-refractivity contribution in [3.63, 3.8) is 0 Å². The van der Waals surface area contributed by atoms with Crippen LogP contribution in [0.3, 0.4) is 0 Å². The zero-order chi connectivity index (χ0) is 13.1. The monoisotopic (exact) mass is 281 g/mol. The van der Waals surface area contributed by atoms with Gasteiger partial charge in [-0.05, 0) is 32.1 Å². The molecular weight excluding hydrogens is 262 g/mol. The summed E-state index contributed by atoms with van der Waals surface area (Å²) in [6, 6.07) is 0. The van der Waals surface area contributed by atoms with Gasteiger partial charge in [-0.3, -0.25) is 4.79 Å². The molecule has 1 fully saturated rings. The number of nitrogens with zero attached hydrogens (tertiary/aromatic N) is 1. The second kappa shape index (κ2) is 6.05. The number of likely N-dealkylation sites (tertiary alicyclic amines) is 1. The Kier molecular flexibility index (Phi) is 5.25. The molecule has 0 aliphatic carbocycles. The molecule has 0 aromatic carbocycles. The summed E-state index contributed by atoms with van der Waals surface area (Å²) in [6.07, 6.45) is 4.00. The van der Waals surface area contributed by atoms with Gasteiger partial charge in [0.15, 0.2) is 9.84 Å². The molecule has 1 aliphatic heterocycles. The number of amides is 1. The number of alkyl halides is 1. The third-order valence-corrected chi connectivity index (χ3v) is 5.04. The lowest BCUT2D eigenvalue weighted by atomic mass is 9.95. The summed E-state index contributed by atoms with van der Waals surface area (Å²) in [6.45, 7) is 2.77. The van der Waals surface area contributed by atoms with Crippen LogP contribution in [0.25, 0.3) is 0 Å². The predicted molar refractivity (Wildman–Crippen MR) is 68.9 cm³/mol. The molecule has 1 aliphatic rings. The van der Waals surface area contributed by atoms with E-state index in [-0.39, 0.29) is 5.91 Å². The Labute approximate surface area is 108 Å². The number of hydrogen-bond donors (Lipinski definition) is 0. The van der Waals surface area contributed by atoms with E-state index in [0.717, 1.165) is 25.5 Å². The van der Waals surface area contributed by atoms with Crippen LogP contribution in [0.2, 0.25) is 0 Å². The summed E-state index contributed by atoms with van der Waals surface area (Å²) in [5, 5.41) is -0.933. The third kappa shape index (κ3) is 4.14. The SMILES string of the molecule is CC(C(=O)N1CCCC(CCCl)C1)S(C)(=O)=O. The normalized spacial score (nSPS) is 23.5. The largest absolute Gasteiger partial charge is 0.341 e. The summed E-state index contributed by atoms with van der Waals surface area (Å²) in [5.41, 5.74) is 0. The van der Waals surface area contributed by atoms with Crippen LogP contribution >= 0.6 is 11.6 Å². The smallest absolute Gasteiger partial charge is 0.240 e. The maximum atomic E-state index is 12.0. The van der Waals surface area contributed by atoms with Gasteiger partial charge in [-0.2, -0.15) is 0 Å². The Bertz CT molecular complexity index is 367. The van der Waals surface area contributed by atoms with Gasteiger partial charge in [0.25, 0.3) is 0 Å². The summed E-state index contributed by atoms with van der Waals surface area (Å²) in [7, 11) is -3.30. The molecule has 1 rings (SSSR count). The van der Waals surface area contributed by atoms with E-state index in [9.17, 15) is 13.2 Å². The van der Waals surface area contributed by atoms with Crippen molar-refractivity contribution in [1.82, 2.24) is 4.90 Å². The van der Waals surface area contributed by atoms with Crippen molar-refractivity contribution in [2.75, 3.05) is 25.2 Å². The standard InChI is InChI=1S/C11H20ClNO3S/c1-9(17(2,15)16)11(14)13-7-3-4-10(8-13)5-6-12/h9-10H,3-8H2,1-2H3. The zero-order valence-corrected chi connectivity index (χ0v) is 11.9. The minimum atomic E-state index is -3.30. The molecule has 0 saturated carbocycles.